The molecule has 1 aliphatic carbocycles. The van der Waals surface area contributed by atoms with Crippen molar-refractivity contribution in [2.75, 3.05) is 13.2 Å². The highest BCUT2D eigenvalue weighted by Crippen LogP contribution is 2.32. The lowest BCUT2D eigenvalue weighted by molar-refractivity contribution is 0.309. The maximum Gasteiger partial charge on any atom is 0.124 e. The van der Waals surface area contributed by atoms with Gasteiger partial charge in [-0.05, 0) is 51.1 Å². The van der Waals surface area contributed by atoms with Gasteiger partial charge in [-0.2, -0.15) is 0 Å². The highest BCUT2D eigenvalue weighted by molar-refractivity contribution is 5.37. The van der Waals surface area contributed by atoms with Crippen LogP contribution in [0, 0.1) is 0 Å². The van der Waals surface area contributed by atoms with Gasteiger partial charge < -0.3 is 10.1 Å². The zero-order valence-electron chi connectivity index (χ0n) is 13.5. The molecule has 0 fully saturated rings. The van der Waals surface area contributed by atoms with E-state index < -0.39 is 0 Å². The molecule has 0 heterocycles. The van der Waals surface area contributed by atoms with Crippen LogP contribution in [0.2, 0.25) is 0 Å². The third-order valence-corrected chi connectivity index (χ3v) is 4.06. The molecule has 1 aliphatic rings. The van der Waals surface area contributed by atoms with Crippen LogP contribution in [0.5, 0.6) is 5.75 Å². The monoisotopic (exact) mass is 287 g/mol. The van der Waals surface area contributed by atoms with Gasteiger partial charge >= 0.3 is 0 Å². The van der Waals surface area contributed by atoms with E-state index in [0.29, 0.717) is 6.04 Å². The molecule has 0 aliphatic heterocycles. The number of para-hydroxylation sites is 1. The largest absolute Gasteiger partial charge is 0.493 e. The van der Waals surface area contributed by atoms with Crippen LogP contribution >= 0.6 is 0 Å². The van der Waals surface area contributed by atoms with E-state index in [1.165, 1.54) is 31.2 Å². The van der Waals surface area contributed by atoms with Crippen molar-refractivity contribution in [2.45, 2.75) is 58.4 Å². The lowest BCUT2D eigenvalue weighted by Gasteiger charge is -2.24. The molecule has 0 saturated heterocycles. The van der Waals surface area contributed by atoms with Crippen molar-refractivity contribution in [1.29, 1.82) is 0 Å². The van der Waals surface area contributed by atoms with Gasteiger partial charge in [0.05, 0.1) is 6.61 Å². The first kappa shape index (κ1) is 16.1. The second-order valence-electron chi connectivity index (χ2n) is 5.81. The summed E-state index contributed by atoms with van der Waals surface area (Å²) >= 11 is 0. The van der Waals surface area contributed by atoms with Crippen LogP contribution in [0.4, 0.5) is 0 Å². The average molecular weight is 287 g/mol. The zero-order chi connectivity index (χ0) is 14.9. The van der Waals surface area contributed by atoms with Gasteiger partial charge in [-0.15, -0.1) is 0 Å². The normalized spacial score (nSPS) is 16.4. The maximum atomic E-state index is 5.94. The summed E-state index contributed by atoms with van der Waals surface area (Å²) in [5.41, 5.74) is 2.91. The Morgan fingerprint density at radius 3 is 2.76 bits per heavy atom. The second kappa shape index (κ2) is 8.89. The number of nitrogens with one attached hydrogen (secondary N) is 1. The van der Waals surface area contributed by atoms with E-state index in [9.17, 15) is 0 Å². The summed E-state index contributed by atoms with van der Waals surface area (Å²) in [7, 11) is 0. The third kappa shape index (κ3) is 4.89. The molecule has 1 aromatic carbocycles. The molecule has 2 nitrogen and oxygen atoms in total. The van der Waals surface area contributed by atoms with E-state index in [0.717, 1.165) is 31.7 Å². The molecule has 116 valence electrons. The second-order valence-corrected chi connectivity index (χ2v) is 5.81. The Bertz CT molecular complexity index is 453. The molecular formula is C19H29NO. The summed E-state index contributed by atoms with van der Waals surface area (Å²) in [5.74, 6) is 1.04. The first-order valence-electron chi connectivity index (χ1n) is 8.48. The van der Waals surface area contributed by atoms with Crippen LogP contribution in [-0.4, -0.2) is 13.2 Å². The van der Waals surface area contributed by atoms with E-state index in [1.54, 1.807) is 5.57 Å². The number of rotatable bonds is 8. The number of hydrogen-bond acceptors (Lipinski definition) is 2. The summed E-state index contributed by atoms with van der Waals surface area (Å²) in [5, 5.41) is 3.64. The Hall–Kier alpha value is -1.28. The lowest BCUT2D eigenvalue weighted by Crippen LogP contribution is -2.22. The molecule has 0 bridgehead atoms. The Labute approximate surface area is 129 Å². The van der Waals surface area contributed by atoms with E-state index in [2.05, 4.69) is 49.5 Å². The van der Waals surface area contributed by atoms with Gasteiger partial charge in [-0.25, -0.2) is 0 Å². The van der Waals surface area contributed by atoms with Gasteiger partial charge in [-0.3, -0.25) is 0 Å². The van der Waals surface area contributed by atoms with Crippen molar-refractivity contribution in [3.05, 3.63) is 41.5 Å². The van der Waals surface area contributed by atoms with Crippen molar-refractivity contribution < 1.29 is 4.74 Å². The third-order valence-electron chi connectivity index (χ3n) is 4.06. The van der Waals surface area contributed by atoms with Crippen molar-refractivity contribution in [3.63, 3.8) is 0 Å². The maximum absolute atomic E-state index is 5.94. The molecule has 2 rings (SSSR count). The van der Waals surface area contributed by atoms with Gasteiger partial charge in [0.1, 0.15) is 5.75 Å². The minimum Gasteiger partial charge on any atom is -0.493 e. The van der Waals surface area contributed by atoms with Crippen LogP contribution in [0.3, 0.4) is 0 Å². The summed E-state index contributed by atoms with van der Waals surface area (Å²) in [6, 6.07) is 8.87. The molecule has 0 radical (unpaired) electrons. The fourth-order valence-corrected chi connectivity index (χ4v) is 3.00. The zero-order valence-corrected chi connectivity index (χ0v) is 13.5. The molecule has 2 heteroatoms. The van der Waals surface area contributed by atoms with E-state index in [4.69, 9.17) is 4.74 Å². The molecule has 1 N–H and O–H groups in total. The standard InChI is InChI=1S/C19H29NO/c1-3-14-21-19-13-9-8-12-17(19)18(20-4-2)15-16-10-6-5-7-11-16/h8-10,12-13,18,20H,3-7,11,14-15H2,1-2H3. The Kier molecular flexibility index (Phi) is 6.81. The summed E-state index contributed by atoms with van der Waals surface area (Å²) < 4.78 is 5.94. The van der Waals surface area contributed by atoms with Crippen molar-refractivity contribution in [1.82, 2.24) is 5.32 Å². The summed E-state index contributed by atoms with van der Waals surface area (Å²) in [6.45, 7) is 6.10. The van der Waals surface area contributed by atoms with Crippen LogP contribution in [0.1, 0.15) is 64.0 Å². The molecule has 1 unspecified atom stereocenters. The molecule has 1 atom stereocenters. The summed E-state index contributed by atoms with van der Waals surface area (Å²) in [6.07, 6.45) is 9.82. The Morgan fingerprint density at radius 1 is 1.19 bits per heavy atom. The first-order chi connectivity index (χ1) is 10.3. The highest BCUT2D eigenvalue weighted by atomic mass is 16.5. The van der Waals surface area contributed by atoms with Crippen molar-refractivity contribution in [3.8, 4) is 5.75 Å². The van der Waals surface area contributed by atoms with Crippen LogP contribution in [-0.2, 0) is 0 Å². The van der Waals surface area contributed by atoms with Crippen LogP contribution < -0.4 is 10.1 Å². The predicted octanol–water partition coefficient (Wildman–Crippen LogP) is 5.02. The molecule has 0 amide bonds. The molecule has 0 spiro atoms. The molecule has 21 heavy (non-hydrogen) atoms. The fourth-order valence-electron chi connectivity index (χ4n) is 3.00. The van der Waals surface area contributed by atoms with Gasteiger partial charge in [0.2, 0.25) is 0 Å². The van der Waals surface area contributed by atoms with Gasteiger partial charge in [0, 0.05) is 11.6 Å². The number of allylic oxidation sites excluding steroid dienone is 1. The first-order valence-corrected chi connectivity index (χ1v) is 8.48. The fraction of sp³-hybridized carbons (Fsp3) is 0.579. The van der Waals surface area contributed by atoms with Gasteiger partial charge in [0.25, 0.3) is 0 Å². The number of benzene rings is 1. The van der Waals surface area contributed by atoms with E-state index >= 15 is 0 Å². The predicted molar refractivity (Wildman–Crippen MR) is 89.8 cm³/mol. The molecular weight excluding hydrogens is 258 g/mol. The lowest BCUT2D eigenvalue weighted by atomic mass is 9.91. The number of hydrogen-bond donors (Lipinski definition) is 1. The topological polar surface area (TPSA) is 21.3 Å². The van der Waals surface area contributed by atoms with Crippen LogP contribution in [0.25, 0.3) is 0 Å². The quantitative estimate of drug-likeness (QED) is 0.678. The van der Waals surface area contributed by atoms with E-state index in [1.807, 2.05) is 0 Å². The van der Waals surface area contributed by atoms with E-state index in [-0.39, 0.29) is 0 Å². The summed E-state index contributed by atoms with van der Waals surface area (Å²) in [4.78, 5) is 0. The van der Waals surface area contributed by atoms with Gasteiger partial charge in [-0.1, -0.05) is 43.7 Å². The SMILES string of the molecule is CCCOc1ccccc1C(CC1=CCCCC1)NCC. The minimum absolute atomic E-state index is 0.368. The minimum atomic E-state index is 0.368. The molecule has 0 saturated carbocycles. The van der Waals surface area contributed by atoms with Crippen LogP contribution in [0.15, 0.2) is 35.9 Å². The highest BCUT2D eigenvalue weighted by Gasteiger charge is 2.17. The Balaban J connectivity index is 2.14. The van der Waals surface area contributed by atoms with Gasteiger partial charge in [0.15, 0.2) is 0 Å². The molecule has 0 aromatic heterocycles. The number of ether oxygens (including phenoxy) is 1. The van der Waals surface area contributed by atoms with Crippen molar-refractivity contribution >= 4 is 0 Å². The smallest absolute Gasteiger partial charge is 0.124 e. The average Bonchev–Trinajstić information content (AvgIpc) is 2.54. The Morgan fingerprint density at radius 2 is 2.05 bits per heavy atom. The molecule has 1 aromatic rings. The van der Waals surface area contributed by atoms with Crippen molar-refractivity contribution in [2.24, 2.45) is 0 Å².